The van der Waals surface area contributed by atoms with Crippen LogP contribution in [0.1, 0.15) is 37.0 Å². The van der Waals surface area contributed by atoms with E-state index in [0.717, 1.165) is 0 Å². The van der Waals surface area contributed by atoms with Gasteiger partial charge in [-0.25, -0.2) is 24.1 Å². The number of ether oxygens (including phenoxy) is 1. The highest BCUT2D eigenvalue weighted by Gasteiger charge is 2.27. The zero-order chi connectivity index (χ0) is 25.9. The summed E-state index contributed by atoms with van der Waals surface area (Å²) in [5.74, 6) is -0.149. The topological polar surface area (TPSA) is 140 Å². The molecule has 3 N–H and O–H groups in total. The van der Waals surface area contributed by atoms with Crippen molar-refractivity contribution in [1.82, 2.24) is 19.7 Å². The van der Waals surface area contributed by atoms with Crippen molar-refractivity contribution in [3.05, 3.63) is 54.2 Å². The number of aromatic nitrogens is 3. The van der Waals surface area contributed by atoms with E-state index in [-0.39, 0.29) is 41.2 Å². The van der Waals surface area contributed by atoms with Gasteiger partial charge in [-0.05, 0) is 57.0 Å². The third-order valence-electron chi connectivity index (χ3n) is 5.48. The molecule has 0 atom stereocenters. The number of carbonyl (C=O) groups is 1. The maximum absolute atomic E-state index is 13.8. The van der Waals surface area contributed by atoms with Crippen molar-refractivity contribution < 1.29 is 22.3 Å². The van der Waals surface area contributed by atoms with Gasteiger partial charge in [0.15, 0.2) is 5.03 Å². The van der Waals surface area contributed by atoms with Crippen molar-refractivity contribution in [3.8, 4) is 17.1 Å². The van der Waals surface area contributed by atoms with Gasteiger partial charge in [0.25, 0.3) is 15.9 Å². The normalized spacial score (nSPS) is 14.6. The average molecular weight is 515 g/mol. The molecule has 3 aromatic heterocycles. The number of rotatable bonds is 7. The minimum absolute atomic E-state index is 0.00421. The van der Waals surface area contributed by atoms with Crippen LogP contribution in [0.4, 0.5) is 16.0 Å². The van der Waals surface area contributed by atoms with Gasteiger partial charge in [0.05, 0.1) is 17.4 Å². The Morgan fingerprint density at radius 1 is 1.14 bits per heavy atom. The summed E-state index contributed by atoms with van der Waals surface area (Å²) in [6.07, 6.45) is 1.20. The maximum atomic E-state index is 13.8. The first-order valence-corrected chi connectivity index (χ1v) is 12.9. The molecule has 0 aromatic carbocycles. The average Bonchev–Trinajstić information content (AvgIpc) is 2.84. The molecule has 1 fully saturated rings. The second kappa shape index (κ2) is 10.4. The molecule has 190 valence electrons. The molecule has 0 spiro atoms. The summed E-state index contributed by atoms with van der Waals surface area (Å²) < 4.78 is 46.9. The quantitative estimate of drug-likeness (QED) is 0.487. The van der Waals surface area contributed by atoms with Crippen LogP contribution < -0.4 is 20.1 Å². The van der Waals surface area contributed by atoms with Crippen molar-refractivity contribution in [3.63, 3.8) is 0 Å². The molecule has 12 heteroatoms. The van der Waals surface area contributed by atoms with Crippen LogP contribution in [0.25, 0.3) is 11.3 Å². The number of alkyl halides is 1. The highest BCUT2D eigenvalue weighted by atomic mass is 32.2. The Balaban J connectivity index is 1.67. The lowest BCUT2D eigenvalue weighted by Crippen LogP contribution is -2.38. The second-order valence-electron chi connectivity index (χ2n) is 8.62. The van der Waals surface area contributed by atoms with Crippen LogP contribution in [-0.4, -0.2) is 54.6 Å². The Morgan fingerprint density at radius 3 is 2.53 bits per heavy atom. The molecule has 0 aliphatic carbocycles. The Hall–Kier alpha value is -3.80. The third kappa shape index (κ3) is 5.88. The number of carbonyl (C=O) groups excluding carboxylic acids is 1. The number of amides is 1. The minimum Gasteiger partial charge on any atom is -0.475 e. The number of piperidine rings is 1. The van der Waals surface area contributed by atoms with E-state index in [0.29, 0.717) is 30.2 Å². The fourth-order valence-electron chi connectivity index (χ4n) is 3.74. The number of nitrogens with one attached hydrogen (secondary N) is 1. The molecule has 0 saturated carbocycles. The number of nitrogens with two attached hydrogens (primary N) is 1. The van der Waals surface area contributed by atoms with Gasteiger partial charge in [0, 0.05) is 30.9 Å². The summed E-state index contributed by atoms with van der Waals surface area (Å²) in [5.41, 5.74) is 6.82. The van der Waals surface area contributed by atoms with Crippen LogP contribution in [0.15, 0.2) is 53.7 Å². The number of anilines is 2. The number of halogens is 1. The van der Waals surface area contributed by atoms with Gasteiger partial charge in [-0.15, -0.1) is 0 Å². The fourth-order valence-corrected chi connectivity index (χ4v) is 4.68. The fraction of sp³-hybridized carbons (Fsp3) is 0.333. The van der Waals surface area contributed by atoms with Crippen LogP contribution in [0, 0.1) is 0 Å². The lowest BCUT2D eigenvalue weighted by Gasteiger charge is -2.31. The molecule has 36 heavy (non-hydrogen) atoms. The zero-order valence-corrected chi connectivity index (χ0v) is 20.7. The van der Waals surface area contributed by atoms with E-state index in [1.165, 1.54) is 24.3 Å². The van der Waals surface area contributed by atoms with Crippen LogP contribution in [-0.2, 0) is 10.0 Å². The Bertz CT molecular complexity index is 1340. The lowest BCUT2D eigenvalue weighted by atomic mass is 10.1. The SMILES string of the molecule is CC(C)Oc1ccc(-c2ccc(C(=O)NS(=O)(=O)c3cccc(N)n3)c(N3CCC(F)CC3)n2)cn1. The maximum Gasteiger partial charge on any atom is 0.281 e. The van der Waals surface area contributed by atoms with Gasteiger partial charge in [0.2, 0.25) is 5.88 Å². The van der Waals surface area contributed by atoms with Crippen LogP contribution in [0.3, 0.4) is 0 Å². The van der Waals surface area contributed by atoms with E-state index in [9.17, 15) is 17.6 Å². The molecule has 3 aromatic rings. The van der Waals surface area contributed by atoms with Crippen molar-refractivity contribution in [2.45, 2.75) is 44.0 Å². The van der Waals surface area contributed by atoms with Crippen molar-refractivity contribution in [1.29, 1.82) is 0 Å². The summed E-state index contributed by atoms with van der Waals surface area (Å²) in [6.45, 7) is 4.47. The first kappa shape index (κ1) is 25.3. The standard InChI is InChI=1S/C24H27FN6O4S/c1-15(2)35-21-9-6-16(14-27-21)19-8-7-18(23(28-19)31-12-10-17(25)11-13-31)24(32)30-36(33,34)22-5-3-4-20(26)29-22/h3-9,14-15,17H,10-13H2,1-2H3,(H2,26,29)(H,30,32). The third-order valence-corrected chi connectivity index (χ3v) is 6.71. The smallest absolute Gasteiger partial charge is 0.281 e. The minimum atomic E-state index is -4.28. The molecule has 1 saturated heterocycles. The molecule has 1 amide bonds. The van der Waals surface area contributed by atoms with Gasteiger partial charge in [0.1, 0.15) is 17.8 Å². The van der Waals surface area contributed by atoms with Crippen LogP contribution in [0.2, 0.25) is 0 Å². The predicted molar refractivity (Wildman–Crippen MR) is 133 cm³/mol. The molecule has 0 radical (unpaired) electrons. The molecule has 1 aliphatic rings. The summed E-state index contributed by atoms with van der Waals surface area (Å²) in [4.78, 5) is 27.6. The highest BCUT2D eigenvalue weighted by molar-refractivity contribution is 7.90. The molecule has 10 nitrogen and oxygen atoms in total. The summed E-state index contributed by atoms with van der Waals surface area (Å²) >= 11 is 0. The molecule has 1 aliphatic heterocycles. The van der Waals surface area contributed by atoms with Crippen molar-refractivity contribution in [2.24, 2.45) is 0 Å². The molecular formula is C24H27FN6O4S. The number of pyridine rings is 3. The first-order chi connectivity index (χ1) is 17.1. The first-order valence-electron chi connectivity index (χ1n) is 11.4. The number of sulfonamides is 1. The number of nitrogen functional groups attached to an aromatic ring is 1. The molecule has 4 heterocycles. The summed E-state index contributed by atoms with van der Waals surface area (Å²) in [7, 11) is -4.28. The van der Waals surface area contributed by atoms with E-state index < -0.39 is 22.1 Å². The van der Waals surface area contributed by atoms with E-state index in [1.807, 2.05) is 18.6 Å². The van der Waals surface area contributed by atoms with Gasteiger partial charge in [-0.3, -0.25) is 4.79 Å². The van der Waals surface area contributed by atoms with Crippen LogP contribution >= 0.6 is 0 Å². The Morgan fingerprint density at radius 2 is 1.89 bits per heavy atom. The Labute approximate surface area is 208 Å². The molecular weight excluding hydrogens is 487 g/mol. The monoisotopic (exact) mass is 514 g/mol. The highest BCUT2D eigenvalue weighted by Crippen LogP contribution is 2.28. The zero-order valence-electron chi connectivity index (χ0n) is 19.9. The predicted octanol–water partition coefficient (Wildman–Crippen LogP) is 2.97. The molecule has 4 rings (SSSR count). The number of nitrogens with zero attached hydrogens (tertiary/aromatic N) is 4. The molecule has 0 unspecified atom stereocenters. The van der Waals surface area contributed by atoms with E-state index >= 15 is 0 Å². The van der Waals surface area contributed by atoms with E-state index in [4.69, 9.17) is 10.5 Å². The second-order valence-corrected chi connectivity index (χ2v) is 10.2. The van der Waals surface area contributed by atoms with Crippen LogP contribution in [0.5, 0.6) is 5.88 Å². The van der Waals surface area contributed by atoms with E-state index in [2.05, 4.69) is 15.0 Å². The summed E-state index contributed by atoms with van der Waals surface area (Å²) in [6, 6.07) is 10.7. The van der Waals surface area contributed by atoms with E-state index in [1.54, 1.807) is 29.3 Å². The van der Waals surface area contributed by atoms with Gasteiger partial charge in [-0.2, -0.15) is 8.42 Å². The number of hydrogen-bond acceptors (Lipinski definition) is 9. The lowest BCUT2D eigenvalue weighted by molar-refractivity contribution is 0.0981. The van der Waals surface area contributed by atoms with Crippen molar-refractivity contribution >= 4 is 27.6 Å². The number of hydrogen-bond donors (Lipinski definition) is 2. The largest absolute Gasteiger partial charge is 0.475 e. The van der Waals surface area contributed by atoms with Gasteiger partial charge in [-0.1, -0.05) is 6.07 Å². The van der Waals surface area contributed by atoms with Gasteiger partial charge < -0.3 is 15.4 Å². The molecule has 0 bridgehead atoms. The Kier molecular flexibility index (Phi) is 7.34. The van der Waals surface area contributed by atoms with Gasteiger partial charge >= 0.3 is 0 Å². The summed E-state index contributed by atoms with van der Waals surface area (Å²) in [5, 5.41) is -0.380. The van der Waals surface area contributed by atoms with Crippen molar-refractivity contribution in [2.75, 3.05) is 23.7 Å².